The van der Waals surface area contributed by atoms with Crippen molar-refractivity contribution >= 4 is 33.9 Å². The molecule has 11 nitrogen and oxygen atoms in total. The lowest BCUT2D eigenvalue weighted by Gasteiger charge is -2.22. The highest BCUT2D eigenvalue weighted by Gasteiger charge is 2.24. The first-order valence-corrected chi connectivity index (χ1v) is 12.1. The van der Waals surface area contributed by atoms with Crippen LogP contribution in [0, 0.1) is 10.1 Å². The maximum atomic E-state index is 11.9. The molecule has 2 heterocycles. The summed E-state index contributed by atoms with van der Waals surface area (Å²) in [4.78, 5) is 24.4. The summed E-state index contributed by atoms with van der Waals surface area (Å²) < 4.78 is 7.33. The lowest BCUT2D eigenvalue weighted by Crippen LogP contribution is -2.28. The molecule has 0 unspecified atom stereocenters. The van der Waals surface area contributed by atoms with E-state index in [1.807, 2.05) is 37.1 Å². The number of hydrogen-bond acceptors (Lipinski definition) is 9. The van der Waals surface area contributed by atoms with Crippen LogP contribution >= 0.6 is 0 Å². The second-order valence-corrected chi connectivity index (χ2v) is 9.54. The number of rotatable bonds is 10. The molecule has 1 aliphatic carbocycles. The van der Waals surface area contributed by atoms with Gasteiger partial charge in [-0.3, -0.25) is 10.1 Å². The standard InChI is InChI=1S/C26H30N8O3/c1-31(2)11-12-32(3)22-15-24(37-4)20(14-23(22)34(35)36)29-26-27-10-9-25(30-26)33-21-8-7-18(17-5-6-17)13-19(21)16-28-33/h7-10,13-17H,5-6,11-12H2,1-4H3,(H,27,29,30). The first-order chi connectivity index (χ1) is 17.8. The number of nitrogens with one attached hydrogen (secondary N) is 1. The number of likely N-dealkylation sites (N-methyl/N-ethyl adjacent to an activating group) is 2. The average molecular weight is 503 g/mol. The number of nitro benzene ring substituents is 1. The summed E-state index contributed by atoms with van der Waals surface area (Å²) >= 11 is 0. The van der Waals surface area contributed by atoms with Gasteiger partial charge in [-0.2, -0.15) is 10.1 Å². The molecule has 192 valence electrons. The fraction of sp³-hybridized carbons (Fsp3) is 0.346. The van der Waals surface area contributed by atoms with E-state index < -0.39 is 4.92 Å². The monoisotopic (exact) mass is 502 g/mol. The quantitative estimate of drug-likeness (QED) is 0.250. The number of nitrogens with zero attached hydrogens (tertiary/aromatic N) is 7. The van der Waals surface area contributed by atoms with Crippen molar-refractivity contribution in [2.75, 3.05) is 51.6 Å². The van der Waals surface area contributed by atoms with Crippen LogP contribution in [0.3, 0.4) is 0 Å². The van der Waals surface area contributed by atoms with E-state index in [4.69, 9.17) is 4.74 Å². The fourth-order valence-electron chi connectivity index (χ4n) is 4.30. The molecule has 11 heteroatoms. The van der Waals surface area contributed by atoms with Crippen LogP contribution in [0.25, 0.3) is 16.7 Å². The van der Waals surface area contributed by atoms with E-state index in [0.717, 1.165) is 17.4 Å². The largest absolute Gasteiger partial charge is 0.494 e. The SMILES string of the molecule is COc1cc(N(C)CCN(C)C)c([N+](=O)[O-])cc1Nc1nccc(-n2ncc3cc(C4CC4)ccc32)n1. The van der Waals surface area contributed by atoms with Crippen LogP contribution < -0.4 is 15.0 Å². The molecule has 5 rings (SSSR count). The van der Waals surface area contributed by atoms with E-state index in [2.05, 4.69) is 38.6 Å². The van der Waals surface area contributed by atoms with Gasteiger partial charge in [0.2, 0.25) is 5.95 Å². The van der Waals surface area contributed by atoms with Gasteiger partial charge in [-0.25, -0.2) is 9.67 Å². The Labute approximate surface area is 214 Å². The predicted octanol–water partition coefficient (Wildman–Crippen LogP) is 4.35. The highest BCUT2D eigenvalue weighted by molar-refractivity contribution is 5.81. The lowest BCUT2D eigenvalue weighted by molar-refractivity contribution is -0.384. The number of anilines is 3. The molecule has 1 fully saturated rings. The first-order valence-electron chi connectivity index (χ1n) is 12.1. The van der Waals surface area contributed by atoms with Gasteiger partial charge in [0.1, 0.15) is 11.4 Å². The molecular formula is C26H30N8O3. The molecule has 0 amide bonds. The third kappa shape index (κ3) is 5.17. The molecule has 1 aliphatic rings. The van der Waals surface area contributed by atoms with E-state index in [1.165, 1.54) is 31.6 Å². The van der Waals surface area contributed by atoms with Crippen molar-refractivity contribution in [3.63, 3.8) is 0 Å². The van der Waals surface area contributed by atoms with E-state index >= 15 is 0 Å². The molecule has 0 saturated heterocycles. The number of aromatic nitrogens is 4. The summed E-state index contributed by atoms with van der Waals surface area (Å²) in [6, 6.07) is 11.3. The second kappa shape index (κ2) is 10.0. The maximum absolute atomic E-state index is 11.9. The number of methoxy groups -OCH3 is 1. The van der Waals surface area contributed by atoms with E-state index in [9.17, 15) is 10.1 Å². The molecule has 2 aromatic heterocycles. The van der Waals surface area contributed by atoms with Crippen molar-refractivity contribution in [1.82, 2.24) is 24.6 Å². The van der Waals surface area contributed by atoms with Crippen molar-refractivity contribution in [1.29, 1.82) is 0 Å². The van der Waals surface area contributed by atoms with Crippen LogP contribution in [0.4, 0.5) is 23.0 Å². The normalized spacial score (nSPS) is 13.2. The predicted molar refractivity (Wildman–Crippen MR) is 143 cm³/mol. The topological polar surface area (TPSA) is 114 Å². The third-order valence-electron chi connectivity index (χ3n) is 6.53. The Morgan fingerprint density at radius 3 is 2.68 bits per heavy atom. The zero-order valence-electron chi connectivity index (χ0n) is 21.4. The van der Waals surface area contributed by atoms with Crippen molar-refractivity contribution in [3.05, 3.63) is 64.5 Å². The van der Waals surface area contributed by atoms with Crippen LogP contribution in [0.2, 0.25) is 0 Å². The number of fused-ring (bicyclic) bond motifs is 1. The van der Waals surface area contributed by atoms with Gasteiger partial charge in [-0.15, -0.1) is 0 Å². The zero-order chi connectivity index (χ0) is 26.1. The summed E-state index contributed by atoms with van der Waals surface area (Å²) in [5.41, 5.74) is 3.13. The van der Waals surface area contributed by atoms with Gasteiger partial charge < -0.3 is 19.9 Å². The molecule has 0 spiro atoms. The Hall–Kier alpha value is -4.25. The van der Waals surface area contributed by atoms with Crippen LogP contribution in [-0.4, -0.2) is 70.9 Å². The van der Waals surface area contributed by atoms with Crippen molar-refractivity contribution < 1.29 is 9.66 Å². The average Bonchev–Trinajstić information content (AvgIpc) is 3.66. The minimum Gasteiger partial charge on any atom is -0.494 e. The van der Waals surface area contributed by atoms with Gasteiger partial charge in [0.15, 0.2) is 5.82 Å². The molecule has 4 aromatic rings. The number of benzene rings is 2. The van der Waals surface area contributed by atoms with Crippen LogP contribution in [0.5, 0.6) is 5.75 Å². The summed E-state index contributed by atoms with van der Waals surface area (Å²) in [5.74, 6) is 1.97. The second-order valence-electron chi connectivity index (χ2n) is 9.54. The van der Waals surface area contributed by atoms with Gasteiger partial charge in [0.25, 0.3) is 5.69 Å². The van der Waals surface area contributed by atoms with E-state index in [1.54, 1.807) is 23.0 Å². The van der Waals surface area contributed by atoms with E-state index in [-0.39, 0.29) is 11.6 Å². The van der Waals surface area contributed by atoms with E-state index in [0.29, 0.717) is 35.4 Å². The molecule has 1 saturated carbocycles. The summed E-state index contributed by atoms with van der Waals surface area (Å²) in [6.07, 6.45) is 5.96. The zero-order valence-corrected chi connectivity index (χ0v) is 21.4. The molecular weight excluding hydrogens is 472 g/mol. The van der Waals surface area contributed by atoms with Gasteiger partial charge in [0, 0.05) is 49.9 Å². The van der Waals surface area contributed by atoms with Crippen LogP contribution in [0.15, 0.2) is 48.8 Å². The Morgan fingerprint density at radius 2 is 1.97 bits per heavy atom. The van der Waals surface area contributed by atoms with Gasteiger partial charge >= 0.3 is 0 Å². The summed E-state index contributed by atoms with van der Waals surface area (Å²) in [7, 11) is 7.27. The van der Waals surface area contributed by atoms with Crippen LogP contribution in [0.1, 0.15) is 24.3 Å². The fourth-order valence-corrected chi connectivity index (χ4v) is 4.30. The number of hydrogen-bond donors (Lipinski definition) is 1. The first kappa shape index (κ1) is 24.4. The highest BCUT2D eigenvalue weighted by atomic mass is 16.6. The Kier molecular flexibility index (Phi) is 6.62. The number of ether oxygens (including phenoxy) is 1. The Balaban J connectivity index is 1.45. The highest BCUT2D eigenvalue weighted by Crippen LogP contribution is 2.41. The van der Waals surface area contributed by atoms with Gasteiger partial charge in [0.05, 0.1) is 29.4 Å². The number of nitro groups is 1. The Bertz CT molecular complexity index is 1450. The summed E-state index contributed by atoms with van der Waals surface area (Å²) in [6.45, 7) is 1.37. The van der Waals surface area contributed by atoms with Crippen LogP contribution in [-0.2, 0) is 0 Å². The smallest absolute Gasteiger partial charge is 0.294 e. The molecule has 2 aromatic carbocycles. The molecule has 0 radical (unpaired) electrons. The summed E-state index contributed by atoms with van der Waals surface area (Å²) in [5, 5.41) is 20.6. The molecule has 1 N–H and O–H groups in total. The molecule has 0 aliphatic heterocycles. The third-order valence-corrected chi connectivity index (χ3v) is 6.53. The molecule has 0 atom stereocenters. The maximum Gasteiger partial charge on any atom is 0.294 e. The minimum absolute atomic E-state index is 0.0368. The van der Waals surface area contributed by atoms with Gasteiger partial charge in [-0.1, -0.05) is 6.07 Å². The lowest BCUT2D eigenvalue weighted by atomic mass is 10.1. The molecule has 37 heavy (non-hydrogen) atoms. The minimum atomic E-state index is -0.394. The van der Waals surface area contributed by atoms with Gasteiger partial charge in [-0.05, 0) is 50.6 Å². The van der Waals surface area contributed by atoms with Crippen molar-refractivity contribution in [2.24, 2.45) is 0 Å². The van der Waals surface area contributed by atoms with Crippen molar-refractivity contribution in [3.8, 4) is 11.6 Å². The van der Waals surface area contributed by atoms with Crippen molar-refractivity contribution in [2.45, 2.75) is 18.8 Å². The Morgan fingerprint density at radius 1 is 1.16 bits per heavy atom. The molecule has 0 bridgehead atoms.